The minimum Gasteiger partial charge on any atom is -0.508 e. The maximum Gasteiger partial charge on any atom is 0.185 e. The fourth-order valence-electron chi connectivity index (χ4n) is 1.30. The molecule has 0 fully saturated rings. The Morgan fingerprint density at radius 3 is 3.00 bits per heavy atom. The normalized spacial score (nSPS) is 10.5. The Kier molecular flexibility index (Phi) is 1.55. The van der Waals surface area contributed by atoms with Crippen LogP contribution in [0.4, 0.5) is 0 Å². The third kappa shape index (κ3) is 1.07. The number of aldehydes is 1. The summed E-state index contributed by atoms with van der Waals surface area (Å²) in [6, 6.07) is 4.80. The van der Waals surface area contributed by atoms with Gasteiger partial charge in [-0.2, -0.15) is 0 Å². The van der Waals surface area contributed by atoms with Crippen molar-refractivity contribution in [2.45, 2.75) is 0 Å². The first-order chi connectivity index (χ1) is 6.22. The van der Waals surface area contributed by atoms with Crippen molar-refractivity contribution >= 4 is 17.3 Å². The van der Waals surface area contributed by atoms with Crippen molar-refractivity contribution in [3.8, 4) is 5.75 Å². The van der Waals surface area contributed by atoms with Crippen molar-refractivity contribution in [2.75, 3.05) is 0 Å². The molecule has 1 heterocycles. The van der Waals surface area contributed by atoms with Crippen molar-refractivity contribution < 1.29 is 9.90 Å². The maximum atomic E-state index is 10.5. The molecule has 0 saturated heterocycles. The Hall–Kier alpha value is -1.84. The first kappa shape index (κ1) is 7.79. The van der Waals surface area contributed by atoms with E-state index in [4.69, 9.17) is 0 Å². The van der Waals surface area contributed by atoms with Gasteiger partial charge in [0.1, 0.15) is 5.75 Å². The molecule has 0 spiro atoms. The number of hydrogen-bond donors (Lipinski definition) is 1. The predicted molar refractivity (Wildman–Crippen MR) is 47.8 cm³/mol. The van der Waals surface area contributed by atoms with Crippen LogP contribution in [0.1, 0.15) is 10.6 Å². The second kappa shape index (κ2) is 2.58. The average molecular weight is 176 g/mol. The highest BCUT2D eigenvalue weighted by Gasteiger charge is 2.06. The summed E-state index contributed by atoms with van der Waals surface area (Å²) in [5, 5.41) is 9.21. The number of benzene rings is 1. The first-order valence-corrected chi connectivity index (χ1v) is 3.83. The van der Waals surface area contributed by atoms with E-state index in [1.54, 1.807) is 29.8 Å². The lowest BCUT2D eigenvalue weighted by Gasteiger charge is -1.95. The zero-order valence-electron chi connectivity index (χ0n) is 7.06. The van der Waals surface area contributed by atoms with E-state index in [1.807, 2.05) is 0 Å². The molecule has 0 bridgehead atoms. The molecule has 1 aromatic heterocycles. The number of aromatic nitrogens is 2. The van der Waals surface area contributed by atoms with Crippen LogP contribution in [0.5, 0.6) is 5.75 Å². The van der Waals surface area contributed by atoms with Gasteiger partial charge in [-0.15, -0.1) is 0 Å². The van der Waals surface area contributed by atoms with Crippen molar-refractivity contribution in [1.82, 2.24) is 9.55 Å². The van der Waals surface area contributed by atoms with E-state index in [2.05, 4.69) is 4.98 Å². The Morgan fingerprint density at radius 2 is 2.31 bits per heavy atom. The highest BCUT2D eigenvalue weighted by atomic mass is 16.3. The number of phenolic OH excluding ortho intramolecular Hbond substituents is 1. The second-order valence-corrected chi connectivity index (χ2v) is 2.82. The number of phenols is 1. The van der Waals surface area contributed by atoms with Gasteiger partial charge in [-0.25, -0.2) is 4.98 Å². The van der Waals surface area contributed by atoms with E-state index in [-0.39, 0.29) is 5.75 Å². The minimum atomic E-state index is 0.174. The molecule has 0 amide bonds. The van der Waals surface area contributed by atoms with E-state index in [9.17, 15) is 9.90 Å². The van der Waals surface area contributed by atoms with Gasteiger partial charge in [0, 0.05) is 13.1 Å². The molecule has 0 radical (unpaired) electrons. The number of aryl methyl sites for hydroxylation is 1. The van der Waals surface area contributed by atoms with Crippen LogP contribution in [-0.4, -0.2) is 20.9 Å². The molecule has 1 aromatic carbocycles. The van der Waals surface area contributed by atoms with Gasteiger partial charge in [0.25, 0.3) is 0 Å². The van der Waals surface area contributed by atoms with Crippen LogP contribution in [0.25, 0.3) is 11.0 Å². The highest BCUT2D eigenvalue weighted by molar-refractivity contribution is 5.83. The number of imidazole rings is 1. The van der Waals surface area contributed by atoms with E-state index < -0.39 is 0 Å². The molecule has 66 valence electrons. The van der Waals surface area contributed by atoms with E-state index >= 15 is 0 Å². The molecule has 4 nitrogen and oxygen atoms in total. The number of aromatic hydroxyl groups is 1. The predicted octanol–water partition coefficient (Wildman–Crippen LogP) is 1.09. The van der Waals surface area contributed by atoms with Crippen molar-refractivity contribution in [3.63, 3.8) is 0 Å². The fraction of sp³-hybridized carbons (Fsp3) is 0.111. The van der Waals surface area contributed by atoms with E-state index in [0.717, 1.165) is 5.52 Å². The minimum absolute atomic E-state index is 0.174. The highest BCUT2D eigenvalue weighted by Crippen LogP contribution is 2.19. The van der Waals surface area contributed by atoms with Crippen LogP contribution in [0.2, 0.25) is 0 Å². The zero-order valence-corrected chi connectivity index (χ0v) is 7.06. The molecule has 0 aliphatic heterocycles. The topological polar surface area (TPSA) is 55.1 Å². The molecule has 1 N–H and O–H groups in total. The lowest BCUT2D eigenvalue weighted by molar-refractivity contribution is 0.111. The summed E-state index contributed by atoms with van der Waals surface area (Å²) < 4.78 is 1.64. The molecular formula is C9H8N2O2. The number of carbonyl (C=O) groups excluding carboxylic acids is 1. The summed E-state index contributed by atoms with van der Waals surface area (Å²) >= 11 is 0. The number of carbonyl (C=O) groups is 1. The summed E-state index contributed by atoms with van der Waals surface area (Å²) in [4.78, 5) is 14.6. The van der Waals surface area contributed by atoms with Crippen LogP contribution >= 0.6 is 0 Å². The Balaban J connectivity index is 2.84. The number of nitrogens with zero attached hydrogens (tertiary/aromatic N) is 2. The average Bonchev–Trinajstić information content (AvgIpc) is 2.44. The van der Waals surface area contributed by atoms with Crippen molar-refractivity contribution in [3.05, 3.63) is 24.0 Å². The largest absolute Gasteiger partial charge is 0.508 e. The number of rotatable bonds is 1. The molecule has 0 aliphatic rings. The molecular weight excluding hydrogens is 168 g/mol. The zero-order chi connectivity index (χ0) is 9.42. The standard InChI is InChI=1S/C9H8N2O2/c1-11-8-4-6(13)2-3-7(8)10-9(11)5-12/h2-5,13H,1H3. The van der Waals surface area contributed by atoms with Gasteiger partial charge in [-0.1, -0.05) is 0 Å². The van der Waals surface area contributed by atoms with Crippen molar-refractivity contribution in [2.24, 2.45) is 7.05 Å². The van der Waals surface area contributed by atoms with Gasteiger partial charge in [0.15, 0.2) is 12.1 Å². The van der Waals surface area contributed by atoms with E-state index in [0.29, 0.717) is 17.6 Å². The van der Waals surface area contributed by atoms with Crippen LogP contribution in [0.15, 0.2) is 18.2 Å². The van der Waals surface area contributed by atoms with Gasteiger partial charge in [-0.3, -0.25) is 4.79 Å². The number of hydrogen-bond acceptors (Lipinski definition) is 3. The molecule has 0 aliphatic carbocycles. The molecule has 0 unspecified atom stereocenters. The van der Waals surface area contributed by atoms with Gasteiger partial charge in [0.2, 0.25) is 0 Å². The fourth-order valence-corrected chi connectivity index (χ4v) is 1.30. The van der Waals surface area contributed by atoms with Gasteiger partial charge < -0.3 is 9.67 Å². The SMILES string of the molecule is Cn1c(C=O)nc2ccc(O)cc21. The lowest BCUT2D eigenvalue weighted by Crippen LogP contribution is -1.94. The van der Waals surface area contributed by atoms with Crippen LogP contribution < -0.4 is 0 Å². The molecule has 13 heavy (non-hydrogen) atoms. The van der Waals surface area contributed by atoms with E-state index in [1.165, 1.54) is 0 Å². The third-order valence-corrected chi connectivity index (χ3v) is 2.00. The first-order valence-electron chi connectivity index (χ1n) is 3.83. The third-order valence-electron chi connectivity index (χ3n) is 2.00. The second-order valence-electron chi connectivity index (χ2n) is 2.82. The number of fused-ring (bicyclic) bond motifs is 1. The molecule has 0 saturated carbocycles. The summed E-state index contributed by atoms with van der Waals surface area (Å²) in [7, 11) is 1.73. The van der Waals surface area contributed by atoms with Crippen LogP contribution in [0.3, 0.4) is 0 Å². The monoisotopic (exact) mass is 176 g/mol. The van der Waals surface area contributed by atoms with Crippen LogP contribution in [0, 0.1) is 0 Å². The summed E-state index contributed by atoms with van der Waals surface area (Å²) in [5.74, 6) is 0.536. The maximum absolute atomic E-state index is 10.5. The smallest absolute Gasteiger partial charge is 0.185 e. The summed E-state index contributed by atoms with van der Waals surface area (Å²) in [5.41, 5.74) is 1.46. The van der Waals surface area contributed by atoms with Crippen LogP contribution in [-0.2, 0) is 7.05 Å². The molecule has 0 atom stereocenters. The van der Waals surface area contributed by atoms with Gasteiger partial charge >= 0.3 is 0 Å². The summed E-state index contributed by atoms with van der Waals surface area (Å²) in [6.07, 6.45) is 0.692. The molecule has 2 rings (SSSR count). The van der Waals surface area contributed by atoms with Gasteiger partial charge in [0.05, 0.1) is 11.0 Å². The quantitative estimate of drug-likeness (QED) is 0.662. The Labute approximate surface area is 74.4 Å². The summed E-state index contributed by atoms with van der Waals surface area (Å²) in [6.45, 7) is 0. The van der Waals surface area contributed by atoms with Crippen molar-refractivity contribution in [1.29, 1.82) is 0 Å². The molecule has 4 heteroatoms. The lowest BCUT2D eigenvalue weighted by atomic mass is 10.3. The molecule has 2 aromatic rings. The van der Waals surface area contributed by atoms with Gasteiger partial charge in [-0.05, 0) is 12.1 Å². The Morgan fingerprint density at radius 1 is 1.54 bits per heavy atom. The Bertz CT molecular complexity index is 474.